The third kappa shape index (κ3) is 24.7. The Labute approximate surface area is 204 Å². The Hall–Kier alpha value is -1.91. The molecule has 0 bridgehead atoms. The molecule has 34 heavy (non-hydrogen) atoms. The summed E-state index contributed by atoms with van der Waals surface area (Å²) in [5, 5.41) is 5.41. The SMILES string of the molecule is CC(C)(C)CCCNC(=O)OCCOCCOCCOCCNC(=O)CCC(=O)OC(C)(C)C. The normalized spacial score (nSPS) is 11.7. The van der Waals surface area contributed by atoms with Gasteiger partial charge >= 0.3 is 12.1 Å². The Bertz CT molecular complexity index is 570. The van der Waals surface area contributed by atoms with Gasteiger partial charge in [-0.3, -0.25) is 9.59 Å². The summed E-state index contributed by atoms with van der Waals surface area (Å²) in [5.41, 5.74) is -0.287. The highest BCUT2D eigenvalue weighted by Gasteiger charge is 2.17. The summed E-state index contributed by atoms with van der Waals surface area (Å²) in [7, 11) is 0. The van der Waals surface area contributed by atoms with Crippen LogP contribution in [0, 0.1) is 5.41 Å². The van der Waals surface area contributed by atoms with Crippen LogP contribution in [0.5, 0.6) is 0 Å². The van der Waals surface area contributed by atoms with Gasteiger partial charge in [-0.15, -0.1) is 0 Å². The highest BCUT2D eigenvalue weighted by molar-refractivity contribution is 5.81. The third-order valence-electron chi connectivity index (χ3n) is 4.12. The summed E-state index contributed by atoms with van der Waals surface area (Å²) in [4.78, 5) is 34.8. The molecule has 200 valence electrons. The summed E-state index contributed by atoms with van der Waals surface area (Å²) >= 11 is 0. The number of ether oxygens (including phenoxy) is 5. The van der Waals surface area contributed by atoms with E-state index in [-0.39, 0.29) is 36.7 Å². The van der Waals surface area contributed by atoms with Gasteiger partial charge in [-0.05, 0) is 39.0 Å². The molecule has 0 aliphatic carbocycles. The first-order valence-electron chi connectivity index (χ1n) is 12.0. The molecule has 10 nitrogen and oxygen atoms in total. The second kappa shape index (κ2) is 18.4. The van der Waals surface area contributed by atoms with Crippen molar-refractivity contribution < 1.29 is 38.1 Å². The largest absolute Gasteiger partial charge is 0.460 e. The second-order valence-corrected chi connectivity index (χ2v) is 10.0. The van der Waals surface area contributed by atoms with Crippen molar-refractivity contribution in [3.8, 4) is 0 Å². The van der Waals surface area contributed by atoms with Crippen molar-refractivity contribution in [2.75, 3.05) is 59.3 Å². The summed E-state index contributed by atoms with van der Waals surface area (Å²) in [6.45, 7) is 15.3. The molecule has 0 fully saturated rings. The van der Waals surface area contributed by atoms with Crippen molar-refractivity contribution in [1.29, 1.82) is 0 Å². The van der Waals surface area contributed by atoms with Gasteiger partial charge in [-0.25, -0.2) is 4.79 Å². The van der Waals surface area contributed by atoms with Crippen LogP contribution < -0.4 is 10.6 Å². The number of hydrogen-bond donors (Lipinski definition) is 2. The van der Waals surface area contributed by atoms with Gasteiger partial charge in [0.2, 0.25) is 5.91 Å². The summed E-state index contributed by atoms with van der Waals surface area (Å²) < 4.78 is 26.3. The van der Waals surface area contributed by atoms with E-state index in [1.807, 2.05) is 0 Å². The maximum atomic E-state index is 11.7. The number of nitrogens with one attached hydrogen (secondary N) is 2. The molecular formula is C24H46N2O8. The topological polar surface area (TPSA) is 121 Å². The van der Waals surface area contributed by atoms with E-state index in [2.05, 4.69) is 31.4 Å². The lowest BCUT2D eigenvalue weighted by Gasteiger charge is -2.19. The average Bonchev–Trinajstić information content (AvgIpc) is 2.71. The van der Waals surface area contributed by atoms with Gasteiger partial charge in [0.15, 0.2) is 0 Å². The summed E-state index contributed by atoms with van der Waals surface area (Å²) in [6.07, 6.45) is 1.67. The fourth-order valence-electron chi connectivity index (χ4n) is 2.55. The molecule has 0 unspecified atom stereocenters. The minimum Gasteiger partial charge on any atom is -0.460 e. The number of hydrogen-bond acceptors (Lipinski definition) is 8. The van der Waals surface area contributed by atoms with Crippen molar-refractivity contribution in [2.45, 2.75) is 72.8 Å². The molecule has 0 heterocycles. The van der Waals surface area contributed by atoms with E-state index >= 15 is 0 Å². The van der Waals surface area contributed by atoms with Crippen molar-refractivity contribution in [2.24, 2.45) is 5.41 Å². The van der Waals surface area contributed by atoms with Crippen molar-refractivity contribution in [3.63, 3.8) is 0 Å². The van der Waals surface area contributed by atoms with Crippen molar-refractivity contribution in [1.82, 2.24) is 10.6 Å². The maximum absolute atomic E-state index is 11.7. The van der Waals surface area contributed by atoms with Gasteiger partial charge in [0.05, 0.1) is 46.1 Å². The quantitative estimate of drug-likeness (QED) is 0.222. The standard InChI is InChI=1S/C24H46N2O8/c1-23(2,3)10-7-11-26-22(29)33-19-18-32-17-16-31-15-14-30-13-12-25-20(27)8-9-21(28)34-24(4,5)6/h7-19H2,1-6H3,(H,25,27)(H,26,29). The average molecular weight is 491 g/mol. The van der Waals surface area contributed by atoms with Gasteiger partial charge in [0.25, 0.3) is 0 Å². The molecular weight excluding hydrogens is 444 g/mol. The highest BCUT2D eigenvalue weighted by Crippen LogP contribution is 2.19. The predicted molar refractivity (Wildman–Crippen MR) is 129 cm³/mol. The molecule has 0 aliphatic heterocycles. The number of amides is 2. The van der Waals surface area contributed by atoms with E-state index < -0.39 is 11.7 Å². The molecule has 0 aliphatic rings. The molecule has 0 aromatic heterocycles. The molecule has 0 rings (SSSR count). The van der Waals surface area contributed by atoms with Crippen LogP contribution in [0.15, 0.2) is 0 Å². The minimum atomic E-state index is -0.548. The zero-order valence-electron chi connectivity index (χ0n) is 22.0. The number of alkyl carbamates (subject to hydrolysis) is 1. The molecule has 2 N–H and O–H groups in total. The first-order valence-corrected chi connectivity index (χ1v) is 12.0. The predicted octanol–water partition coefficient (Wildman–Crippen LogP) is 2.83. The second-order valence-electron chi connectivity index (χ2n) is 10.0. The lowest BCUT2D eigenvalue weighted by molar-refractivity contribution is -0.155. The molecule has 0 spiro atoms. The lowest BCUT2D eigenvalue weighted by atomic mass is 9.91. The maximum Gasteiger partial charge on any atom is 0.407 e. The number of carbonyl (C=O) groups is 3. The fourth-order valence-corrected chi connectivity index (χ4v) is 2.55. The highest BCUT2D eigenvalue weighted by atomic mass is 16.6. The number of esters is 1. The lowest BCUT2D eigenvalue weighted by Crippen LogP contribution is -2.29. The molecule has 0 saturated carbocycles. The van der Waals surface area contributed by atoms with Crippen LogP contribution in [-0.2, 0) is 33.3 Å². The van der Waals surface area contributed by atoms with Gasteiger partial charge in [0, 0.05) is 19.5 Å². The minimum absolute atomic E-state index is 0.0524. The first-order chi connectivity index (χ1) is 15.9. The van der Waals surface area contributed by atoms with E-state index in [1.165, 1.54) is 0 Å². The van der Waals surface area contributed by atoms with Gasteiger partial charge < -0.3 is 34.3 Å². The number of carbonyl (C=O) groups excluding carboxylic acids is 3. The Morgan fingerprint density at radius 3 is 1.79 bits per heavy atom. The van der Waals surface area contributed by atoms with Gasteiger partial charge in [-0.2, -0.15) is 0 Å². The molecule has 0 saturated heterocycles. The van der Waals surface area contributed by atoms with Crippen LogP contribution in [0.1, 0.15) is 67.2 Å². The van der Waals surface area contributed by atoms with E-state index in [0.29, 0.717) is 52.7 Å². The van der Waals surface area contributed by atoms with Gasteiger partial charge in [-0.1, -0.05) is 20.8 Å². The smallest absolute Gasteiger partial charge is 0.407 e. The van der Waals surface area contributed by atoms with Crippen LogP contribution in [0.25, 0.3) is 0 Å². The Morgan fingerprint density at radius 1 is 0.676 bits per heavy atom. The molecule has 10 heteroatoms. The van der Waals surface area contributed by atoms with Crippen LogP contribution in [0.4, 0.5) is 4.79 Å². The molecule has 0 atom stereocenters. The molecule has 2 amide bonds. The Balaban J connectivity index is 3.37. The Kier molecular flexibility index (Phi) is 17.4. The van der Waals surface area contributed by atoms with E-state index in [1.54, 1.807) is 20.8 Å². The van der Waals surface area contributed by atoms with Crippen LogP contribution >= 0.6 is 0 Å². The molecule has 0 aromatic carbocycles. The monoisotopic (exact) mass is 490 g/mol. The van der Waals surface area contributed by atoms with Gasteiger partial charge in [0.1, 0.15) is 12.2 Å². The van der Waals surface area contributed by atoms with E-state index in [4.69, 9.17) is 23.7 Å². The first kappa shape index (κ1) is 32.1. The van der Waals surface area contributed by atoms with Crippen molar-refractivity contribution >= 4 is 18.0 Å². The summed E-state index contributed by atoms with van der Waals surface area (Å²) in [5.74, 6) is -0.607. The van der Waals surface area contributed by atoms with E-state index in [0.717, 1.165) is 12.8 Å². The summed E-state index contributed by atoms with van der Waals surface area (Å²) in [6, 6.07) is 0. The third-order valence-corrected chi connectivity index (χ3v) is 4.12. The fraction of sp³-hybridized carbons (Fsp3) is 0.875. The molecule has 0 radical (unpaired) electrons. The number of rotatable bonds is 18. The van der Waals surface area contributed by atoms with Crippen LogP contribution in [0.2, 0.25) is 0 Å². The van der Waals surface area contributed by atoms with Crippen LogP contribution in [0.3, 0.4) is 0 Å². The zero-order chi connectivity index (χ0) is 25.9. The molecule has 0 aromatic rings. The Morgan fingerprint density at radius 2 is 1.24 bits per heavy atom. The zero-order valence-corrected chi connectivity index (χ0v) is 22.0. The van der Waals surface area contributed by atoms with Crippen LogP contribution in [-0.4, -0.2) is 82.9 Å². The van der Waals surface area contributed by atoms with E-state index in [9.17, 15) is 14.4 Å². The van der Waals surface area contributed by atoms with Crippen molar-refractivity contribution in [3.05, 3.63) is 0 Å².